The van der Waals surface area contributed by atoms with E-state index < -0.39 is 18.2 Å². The third-order valence-corrected chi connectivity index (χ3v) is 5.89. The number of hydrogen-bond acceptors (Lipinski definition) is 4. The fraction of sp³-hybridized carbons (Fsp3) is 0.579. The summed E-state index contributed by atoms with van der Waals surface area (Å²) in [6.07, 6.45) is -2.46. The molecule has 0 aliphatic carbocycles. The number of hydrogen-bond donors (Lipinski definition) is 0. The van der Waals surface area contributed by atoms with Gasteiger partial charge in [0.2, 0.25) is 0 Å². The van der Waals surface area contributed by atoms with Crippen LogP contribution in [0, 0.1) is 5.92 Å². The number of piperidine rings is 1. The third kappa shape index (κ3) is 4.08. The first-order valence-corrected chi connectivity index (χ1v) is 9.55. The van der Waals surface area contributed by atoms with E-state index in [1.807, 2.05) is 4.90 Å². The predicted octanol–water partition coefficient (Wildman–Crippen LogP) is 3.87. The van der Waals surface area contributed by atoms with E-state index in [1.54, 1.807) is 13.2 Å². The van der Waals surface area contributed by atoms with E-state index in [2.05, 4.69) is 15.0 Å². The lowest BCUT2D eigenvalue weighted by molar-refractivity contribution is -0.137. The van der Waals surface area contributed by atoms with Gasteiger partial charge in [0, 0.05) is 50.7 Å². The largest absolute Gasteiger partial charge is 0.416 e. The van der Waals surface area contributed by atoms with Crippen molar-refractivity contribution in [3.8, 4) is 0 Å². The van der Waals surface area contributed by atoms with E-state index in [4.69, 9.17) is 0 Å². The van der Waals surface area contributed by atoms with Crippen LogP contribution in [0.2, 0.25) is 0 Å². The van der Waals surface area contributed by atoms with Gasteiger partial charge >= 0.3 is 6.18 Å². The summed E-state index contributed by atoms with van der Waals surface area (Å²) < 4.78 is 67.0. The van der Waals surface area contributed by atoms with E-state index in [0.29, 0.717) is 36.9 Å². The zero-order valence-electron chi connectivity index (χ0n) is 15.9. The first-order chi connectivity index (χ1) is 13.7. The highest BCUT2D eigenvalue weighted by Crippen LogP contribution is 2.36. The molecule has 158 valence electrons. The van der Waals surface area contributed by atoms with Crippen LogP contribution in [-0.2, 0) is 19.8 Å². The summed E-state index contributed by atoms with van der Waals surface area (Å²) in [5, 5.41) is 3.86. The zero-order chi connectivity index (χ0) is 20.8. The van der Waals surface area contributed by atoms with Crippen molar-refractivity contribution in [2.75, 3.05) is 24.5 Å². The van der Waals surface area contributed by atoms with Gasteiger partial charge in [-0.05, 0) is 37.4 Å². The standard InChI is InChI=1S/C19H22F5N5/c1-27-9-13(17(26-27)18(20)21)10-28-6-3-12-4-7-29(11-15(12)28)16-8-14(2-5-25-16)19(22,23)24/h2,5,8-9,12,15,18H,3-4,6-7,10-11H2,1H3. The Morgan fingerprint density at radius 1 is 1.21 bits per heavy atom. The number of aromatic nitrogens is 3. The first kappa shape index (κ1) is 20.1. The van der Waals surface area contributed by atoms with Crippen LogP contribution in [0.25, 0.3) is 0 Å². The van der Waals surface area contributed by atoms with Gasteiger partial charge in [0.15, 0.2) is 0 Å². The summed E-state index contributed by atoms with van der Waals surface area (Å²) in [5.41, 5.74) is -0.425. The summed E-state index contributed by atoms with van der Waals surface area (Å²) in [4.78, 5) is 8.15. The normalized spacial score (nSPS) is 23.1. The van der Waals surface area contributed by atoms with E-state index in [9.17, 15) is 22.0 Å². The van der Waals surface area contributed by atoms with E-state index in [0.717, 1.165) is 31.5 Å². The van der Waals surface area contributed by atoms with Crippen LogP contribution in [0.5, 0.6) is 0 Å². The van der Waals surface area contributed by atoms with Crippen molar-refractivity contribution < 1.29 is 22.0 Å². The monoisotopic (exact) mass is 415 g/mol. The van der Waals surface area contributed by atoms with Gasteiger partial charge in [0.25, 0.3) is 6.43 Å². The average Bonchev–Trinajstić information content (AvgIpc) is 3.24. The summed E-state index contributed by atoms with van der Waals surface area (Å²) in [7, 11) is 1.61. The van der Waals surface area contributed by atoms with Gasteiger partial charge in [-0.2, -0.15) is 18.3 Å². The summed E-state index contributed by atoms with van der Waals surface area (Å²) in [6, 6.07) is 2.13. The zero-order valence-corrected chi connectivity index (χ0v) is 15.9. The molecule has 2 aromatic rings. The van der Waals surface area contributed by atoms with Crippen molar-refractivity contribution >= 4 is 5.82 Å². The van der Waals surface area contributed by atoms with Crippen LogP contribution in [0.4, 0.5) is 27.8 Å². The second-order valence-corrected chi connectivity index (χ2v) is 7.74. The van der Waals surface area contributed by atoms with Gasteiger partial charge in [0.05, 0.1) is 5.56 Å². The second-order valence-electron chi connectivity index (χ2n) is 7.74. The maximum atomic E-state index is 13.3. The van der Waals surface area contributed by atoms with Crippen LogP contribution >= 0.6 is 0 Å². The molecule has 2 atom stereocenters. The van der Waals surface area contributed by atoms with Crippen molar-refractivity contribution in [1.82, 2.24) is 19.7 Å². The Labute approximate surface area is 165 Å². The Balaban J connectivity index is 1.51. The van der Waals surface area contributed by atoms with Gasteiger partial charge < -0.3 is 4.90 Å². The Bertz CT molecular complexity index is 865. The number of alkyl halides is 5. The lowest BCUT2D eigenvalue weighted by Gasteiger charge is -2.39. The van der Waals surface area contributed by atoms with E-state index in [-0.39, 0.29) is 11.7 Å². The SMILES string of the molecule is Cn1cc(CN2CCC3CCN(c4cc(C(F)(F)F)ccn4)CC32)c(C(F)F)n1. The lowest BCUT2D eigenvalue weighted by Crippen LogP contribution is -2.48. The smallest absolute Gasteiger partial charge is 0.355 e. The minimum Gasteiger partial charge on any atom is -0.355 e. The molecule has 2 aromatic heterocycles. The molecule has 0 amide bonds. The van der Waals surface area contributed by atoms with Gasteiger partial charge in [-0.15, -0.1) is 0 Å². The minimum atomic E-state index is -4.42. The average molecular weight is 415 g/mol. The molecule has 0 bridgehead atoms. The molecule has 2 aliphatic heterocycles. The van der Waals surface area contributed by atoms with Gasteiger partial charge in [0.1, 0.15) is 11.5 Å². The Morgan fingerprint density at radius 2 is 1.97 bits per heavy atom. The van der Waals surface area contributed by atoms with E-state index >= 15 is 0 Å². The molecular formula is C19H22F5N5. The molecular weight excluding hydrogens is 393 g/mol. The molecule has 0 spiro atoms. The van der Waals surface area contributed by atoms with Crippen LogP contribution < -0.4 is 4.90 Å². The predicted molar refractivity (Wildman–Crippen MR) is 96.5 cm³/mol. The molecule has 2 fully saturated rings. The molecule has 29 heavy (non-hydrogen) atoms. The van der Waals surface area contributed by atoms with Gasteiger partial charge in [-0.3, -0.25) is 9.58 Å². The van der Waals surface area contributed by atoms with Crippen LogP contribution in [-0.4, -0.2) is 45.3 Å². The van der Waals surface area contributed by atoms with Crippen LogP contribution in [0.15, 0.2) is 24.5 Å². The topological polar surface area (TPSA) is 37.2 Å². The minimum absolute atomic E-state index is 0.0887. The maximum Gasteiger partial charge on any atom is 0.416 e. The number of aryl methyl sites for hydroxylation is 1. The highest BCUT2D eigenvalue weighted by Gasteiger charge is 2.40. The number of likely N-dealkylation sites (tertiary alicyclic amines) is 1. The summed E-state index contributed by atoms with van der Waals surface area (Å²) in [5.74, 6) is 0.712. The molecule has 0 radical (unpaired) electrons. The van der Waals surface area contributed by atoms with Crippen molar-refractivity contribution in [2.24, 2.45) is 13.0 Å². The fourth-order valence-corrected chi connectivity index (χ4v) is 4.48. The quantitative estimate of drug-likeness (QED) is 0.711. The molecule has 4 rings (SSSR count). The number of anilines is 1. The maximum absolute atomic E-state index is 13.3. The molecule has 4 heterocycles. The molecule has 10 heteroatoms. The molecule has 0 aromatic carbocycles. The number of pyridine rings is 1. The molecule has 0 saturated carbocycles. The Morgan fingerprint density at radius 3 is 2.69 bits per heavy atom. The first-order valence-electron chi connectivity index (χ1n) is 9.55. The van der Waals surface area contributed by atoms with Gasteiger partial charge in [-0.25, -0.2) is 13.8 Å². The molecule has 2 aliphatic rings. The number of fused-ring (bicyclic) bond motifs is 1. The van der Waals surface area contributed by atoms with Crippen LogP contribution in [0.1, 0.15) is 36.1 Å². The Kier molecular flexibility index (Phi) is 5.22. The van der Waals surface area contributed by atoms with Crippen molar-refractivity contribution in [3.63, 3.8) is 0 Å². The summed E-state index contributed by atoms with van der Waals surface area (Å²) >= 11 is 0. The highest BCUT2D eigenvalue weighted by molar-refractivity contribution is 5.43. The second kappa shape index (κ2) is 7.55. The van der Waals surface area contributed by atoms with Crippen molar-refractivity contribution in [3.05, 3.63) is 41.3 Å². The number of halogens is 5. The molecule has 0 N–H and O–H groups in total. The van der Waals surface area contributed by atoms with Crippen LogP contribution in [0.3, 0.4) is 0 Å². The molecule has 5 nitrogen and oxygen atoms in total. The lowest BCUT2D eigenvalue weighted by atomic mass is 9.92. The molecule has 2 saturated heterocycles. The fourth-order valence-electron chi connectivity index (χ4n) is 4.48. The van der Waals surface area contributed by atoms with Gasteiger partial charge in [-0.1, -0.05) is 0 Å². The summed E-state index contributed by atoms with van der Waals surface area (Å²) in [6.45, 7) is 2.30. The third-order valence-electron chi connectivity index (χ3n) is 5.89. The van der Waals surface area contributed by atoms with Crippen molar-refractivity contribution in [1.29, 1.82) is 0 Å². The Hall–Kier alpha value is -2.23. The number of nitrogens with zero attached hydrogens (tertiary/aromatic N) is 5. The van der Waals surface area contributed by atoms with E-state index in [1.165, 1.54) is 10.9 Å². The highest BCUT2D eigenvalue weighted by atomic mass is 19.4. The van der Waals surface area contributed by atoms with Crippen molar-refractivity contribution in [2.45, 2.75) is 38.0 Å². The molecule has 2 unspecified atom stereocenters. The number of rotatable bonds is 4.